The average Bonchev–Trinajstić information content (AvgIpc) is 3.04. The van der Waals surface area contributed by atoms with Crippen molar-refractivity contribution < 1.29 is 17.9 Å². The Morgan fingerprint density at radius 3 is 2.37 bits per heavy atom. The van der Waals surface area contributed by atoms with Crippen LogP contribution >= 0.6 is 24.0 Å². The summed E-state index contributed by atoms with van der Waals surface area (Å²) < 4.78 is 33.0. The lowest BCUT2D eigenvalue weighted by atomic mass is 9.83. The molecule has 1 fully saturated rings. The number of halogens is 1. The van der Waals surface area contributed by atoms with E-state index in [-0.39, 0.29) is 41.8 Å². The summed E-state index contributed by atoms with van der Waals surface area (Å²) in [5.74, 6) is 0.852. The largest absolute Gasteiger partial charge is 0.382 e. The van der Waals surface area contributed by atoms with Gasteiger partial charge in [-0.1, -0.05) is 12.8 Å². The molecule has 0 unspecified atom stereocenters. The third-order valence-electron chi connectivity index (χ3n) is 4.70. The van der Waals surface area contributed by atoms with Crippen molar-refractivity contribution in [2.45, 2.75) is 46.0 Å². The fourth-order valence-electron chi connectivity index (χ4n) is 3.19. The molecule has 0 radical (unpaired) electrons. The first kappa shape index (κ1) is 26.9. The van der Waals surface area contributed by atoms with Crippen molar-refractivity contribution >= 4 is 39.8 Å². The molecule has 162 valence electrons. The van der Waals surface area contributed by atoms with Crippen LogP contribution in [0.3, 0.4) is 0 Å². The maximum atomic E-state index is 11.1. The summed E-state index contributed by atoms with van der Waals surface area (Å²) >= 11 is 0. The molecule has 0 aromatic carbocycles. The van der Waals surface area contributed by atoms with Gasteiger partial charge >= 0.3 is 0 Å². The molecule has 7 nitrogen and oxygen atoms in total. The highest BCUT2D eigenvalue weighted by Crippen LogP contribution is 2.41. The molecule has 9 heteroatoms. The molecule has 1 saturated carbocycles. The lowest BCUT2D eigenvalue weighted by Crippen LogP contribution is -2.40. The van der Waals surface area contributed by atoms with E-state index >= 15 is 0 Å². The third kappa shape index (κ3) is 12.8. The van der Waals surface area contributed by atoms with Gasteiger partial charge in [0.25, 0.3) is 0 Å². The zero-order chi connectivity index (χ0) is 19.3. The lowest BCUT2D eigenvalue weighted by Gasteiger charge is -2.27. The van der Waals surface area contributed by atoms with Crippen LogP contribution in [0.4, 0.5) is 0 Å². The third-order valence-corrected chi connectivity index (χ3v) is 5.61. The molecule has 1 aliphatic rings. The Hall–Kier alpha value is -0.130. The first-order valence-electron chi connectivity index (χ1n) is 9.76. The van der Waals surface area contributed by atoms with Gasteiger partial charge in [0.15, 0.2) is 5.96 Å². The van der Waals surface area contributed by atoms with Crippen LogP contribution in [0, 0.1) is 5.41 Å². The van der Waals surface area contributed by atoms with Crippen molar-refractivity contribution in [1.29, 1.82) is 0 Å². The van der Waals surface area contributed by atoms with E-state index in [2.05, 4.69) is 10.6 Å². The maximum absolute atomic E-state index is 11.1. The number of nitrogens with zero attached hydrogens (tertiary/aromatic N) is 1. The average molecular weight is 519 g/mol. The van der Waals surface area contributed by atoms with Crippen molar-refractivity contribution in [1.82, 2.24) is 10.6 Å². The minimum absolute atomic E-state index is 0. The molecule has 0 aromatic rings. The summed E-state index contributed by atoms with van der Waals surface area (Å²) in [5, 5.41) is 6.52. The van der Waals surface area contributed by atoms with Crippen molar-refractivity contribution in [3.05, 3.63) is 0 Å². The quantitative estimate of drug-likeness (QED) is 0.168. The van der Waals surface area contributed by atoms with Crippen LogP contribution in [-0.2, 0) is 19.3 Å². The summed E-state index contributed by atoms with van der Waals surface area (Å²) in [4.78, 5) is 4.79. The normalized spacial score (nSPS) is 16.8. The number of hydrogen-bond acceptors (Lipinski definition) is 5. The molecule has 0 heterocycles. The fourth-order valence-corrected chi connectivity index (χ4v) is 3.61. The number of hydrogen-bond donors (Lipinski definition) is 2. The molecule has 2 N–H and O–H groups in total. The molecular formula is C18H38IN3O4S. The highest BCUT2D eigenvalue weighted by atomic mass is 127. The van der Waals surface area contributed by atoms with E-state index in [9.17, 15) is 8.42 Å². The van der Waals surface area contributed by atoms with Gasteiger partial charge in [-0.3, -0.25) is 4.99 Å². The molecule has 0 saturated heterocycles. The van der Waals surface area contributed by atoms with E-state index in [1.807, 2.05) is 13.8 Å². The van der Waals surface area contributed by atoms with Crippen molar-refractivity contribution in [2.75, 3.05) is 58.1 Å². The summed E-state index contributed by atoms with van der Waals surface area (Å²) in [7, 11) is -2.96. The molecule has 27 heavy (non-hydrogen) atoms. The molecule has 0 aliphatic heterocycles. The Bertz CT molecular complexity index is 509. The van der Waals surface area contributed by atoms with Crippen LogP contribution in [0.15, 0.2) is 4.99 Å². The predicted octanol–water partition coefficient (Wildman–Crippen LogP) is 2.21. The molecule has 0 bridgehead atoms. The molecule has 0 aromatic heterocycles. The van der Waals surface area contributed by atoms with Gasteiger partial charge in [0, 0.05) is 39.1 Å². The fraction of sp³-hybridized carbons (Fsp3) is 0.944. The summed E-state index contributed by atoms with van der Waals surface area (Å²) in [6.07, 6.45) is 7.28. The van der Waals surface area contributed by atoms with Gasteiger partial charge < -0.3 is 20.1 Å². The van der Waals surface area contributed by atoms with E-state index < -0.39 is 9.84 Å². The summed E-state index contributed by atoms with van der Waals surface area (Å²) in [6, 6.07) is 0. The minimum atomic E-state index is -2.96. The Morgan fingerprint density at radius 1 is 1.07 bits per heavy atom. The second-order valence-electron chi connectivity index (χ2n) is 7.02. The van der Waals surface area contributed by atoms with E-state index in [0.717, 1.165) is 38.7 Å². The first-order chi connectivity index (χ1) is 12.4. The van der Waals surface area contributed by atoms with Crippen LogP contribution in [-0.4, -0.2) is 72.4 Å². The first-order valence-corrected chi connectivity index (χ1v) is 11.8. The highest BCUT2D eigenvalue weighted by Gasteiger charge is 2.33. The van der Waals surface area contributed by atoms with E-state index in [0.29, 0.717) is 13.2 Å². The second-order valence-corrected chi connectivity index (χ2v) is 9.28. The molecule has 1 rings (SSSR count). The standard InChI is InChI=1S/C18H37N3O4S.HI/c1-4-19-17(20-11-13-25-14-15-26(3,22)23)21-16-18(8-6-7-9-18)10-12-24-5-2;/h4-16H2,1-3H3,(H2,19,20,21);1H. The van der Waals surface area contributed by atoms with Crippen molar-refractivity contribution in [2.24, 2.45) is 10.4 Å². The molecule has 0 amide bonds. The molecule has 0 spiro atoms. The summed E-state index contributed by atoms with van der Waals surface area (Å²) in [5.41, 5.74) is 0.267. The Labute approximate surface area is 182 Å². The van der Waals surface area contributed by atoms with E-state index in [1.165, 1.54) is 31.9 Å². The van der Waals surface area contributed by atoms with E-state index in [4.69, 9.17) is 14.5 Å². The van der Waals surface area contributed by atoms with Crippen molar-refractivity contribution in [3.8, 4) is 0 Å². The topological polar surface area (TPSA) is 89.0 Å². The molecule has 0 atom stereocenters. The number of ether oxygens (including phenoxy) is 2. The van der Waals surface area contributed by atoms with Crippen LogP contribution in [0.25, 0.3) is 0 Å². The molecular weight excluding hydrogens is 481 g/mol. The smallest absolute Gasteiger partial charge is 0.191 e. The summed E-state index contributed by atoms with van der Waals surface area (Å²) in [6.45, 7) is 8.54. The zero-order valence-corrected chi connectivity index (χ0v) is 20.2. The number of nitrogens with one attached hydrogen (secondary N) is 2. The SMILES string of the molecule is CCNC(=NCC1(CCOCC)CCCC1)NCCOCCS(C)(=O)=O.I. The van der Waals surface area contributed by atoms with Gasteiger partial charge in [0.1, 0.15) is 9.84 Å². The zero-order valence-electron chi connectivity index (χ0n) is 17.1. The second kappa shape index (κ2) is 14.8. The number of sulfone groups is 1. The van der Waals surface area contributed by atoms with Gasteiger partial charge in [0.2, 0.25) is 0 Å². The van der Waals surface area contributed by atoms with Crippen LogP contribution < -0.4 is 10.6 Å². The predicted molar refractivity (Wildman–Crippen MR) is 122 cm³/mol. The van der Waals surface area contributed by atoms with Gasteiger partial charge in [-0.15, -0.1) is 24.0 Å². The Balaban J connectivity index is 0.00000676. The monoisotopic (exact) mass is 519 g/mol. The maximum Gasteiger partial charge on any atom is 0.191 e. The van der Waals surface area contributed by atoms with Crippen molar-refractivity contribution in [3.63, 3.8) is 0 Å². The van der Waals surface area contributed by atoms with Gasteiger partial charge in [-0.05, 0) is 38.5 Å². The Morgan fingerprint density at radius 2 is 1.78 bits per heavy atom. The van der Waals surface area contributed by atoms with Crippen LogP contribution in [0.1, 0.15) is 46.0 Å². The number of guanidine groups is 1. The number of rotatable bonds is 13. The Kier molecular flexibility index (Phi) is 14.7. The van der Waals surface area contributed by atoms with Gasteiger partial charge in [-0.2, -0.15) is 0 Å². The highest BCUT2D eigenvalue weighted by molar-refractivity contribution is 14.0. The van der Waals surface area contributed by atoms with E-state index in [1.54, 1.807) is 0 Å². The number of aliphatic imine (C=N–C) groups is 1. The van der Waals surface area contributed by atoms with Gasteiger partial charge in [0.05, 0.1) is 19.0 Å². The van der Waals surface area contributed by atoms with Crippen LogP contribution in [0.5, 0.6) is 0 Å². The van der Waals surface area contributed by atoms with Gasteiger partial charge in [-0.25, -0.2) is 8.42 Å². The minimum Gasteiger partial charge on any atom is -0.382 e. The van der Waals surface area contributed by atoms with Crippen LogP contribution in [0.2, 0.25) is 0 Å². The molecule has 1 aliphatic carbocycles. The lowest BCUT2D eigenvalue weighted by molar-refractivity contribution is 0.107.